The Bertz CT molecular complexity index is 3270. The first-order chi connectivity index (χ1) is 28.3. The predicted octanol–water partition coefficient (Wildman–Crippen LogP) is 14.2. The highest BCUT2D eigenvalue weighted by molar-refractivity contribution is 6.22. The van der Waals surface area contributed by atoms with Crippen molar-refractivity contribution in [1.82, 2.24) is 14.8 Å². The molecule has 0 N–H and O–H groups in total. The highest BCUT2D eigenvalue weighted by atomic mass is 15.3. The van der Waals surface area contributed by atoms with Crippen molar-refractivity contribution in [2.45, 2.75) is 0 Å². The molecular weight excluding hydrogens is 691 g/mol. The molecule has 0 unspecified atom stereocenters. The minimum Gasteiger partial charge on any atom is -0.275 e. The normalized spacial score (nSPS) is 11.5. The third-order valence-corrected chi connectivity index (χ3v) is 11.3. The zero-order valence-electron chi connectivity index (χ0n) is 31.0. The van der Waals surface area contributed by atoms with Crippen molar-refractivity contribution < 1.29 is 0 Å². The lowest BCUT2D eigenvalue weighted by molar-refractivity contribution is 1.08. The van der Waals surface area contributed by atoms with Gasteiger partial charge in [-0.05, 0) is 101 Å². The fourth-order valence-electron chi connectivity index (χ4n) is 8.55. The van der Waals surface area contributed by atoms with E-state index in [1.165, 1.54) is 65.3 Å². The number of benzene rings is 10. The fourth-order valence-corrected chi connectivity index (χ4v) is 8.55. The molecule has 1 aromatic heterocycles. The van der Waals surface area contributed by atoms with Crippen LogP contribution >= 0.6 is 0 Å². The number of nitrogens with zero attached hydrogens (tertiary/aromatic N) is 3. The Morgan fingerprint density at radius 1 is 0.263 bits per heavy atom. The van der Waals surface area contributed by atoms with Crippen molar-refractivity contribution >= 4 is 43.1 Å². The Kier molecular flexibility index (Phi) is 7.82. The maximum atomic E-state index is 4.87. The van der Waals surface area contributed by atoms with E-state index < -0.39 is 0 Å². The van der Waals surface area contributed by atoms with Crippen LogP contribution in [0.2, 0.25) is 0 Å². The second-order valence-electron chi connectivity index (χ2n) is 14.6. The van der Waals surface area contributed by atoms with Crippen molar-refractivity contribution in [3.8, 4) is 61.8 Å². The molecule has 0 aliphatic carbocycles. The Morgan fingerprint density at radius 3 is 1.37 bits per heavy atom. The molecule has 0 aliphatic rings. The van der Waals surface area contributed by atoms with Gasteiger partial charge in [0.1, 0.15) is 0 Å². The number of aromatic nitrogens is 3. The summed E-state index contributed by atoms with van der Waals surface area (Å²) in [5, 5.41) is 19.4. The van der Waals surface area contributed by atoms with Gasteiger partial charge in [0.05, 0.1) is 0 Å². The van der Waals surface area contributed by atoms with Gasteiger partial charge in [-0.2, -0.15) is 0 Å². The van der Waals surface area contributed by atoms with Crippen molar-refractivity contribution in [3.63, 3.8) is 0 Å². The van der Waals surface area contributed by atoms with Crippen LogP contribution in [0.5, 0.6) is 0 Å². The van der Waals surface area contributed by atoms with Crippen molar-refractivity contribution in [1.29, 1.82) is 0 Å². The molecule has 0 spiro atoms. The minimum absolute atomic E-state index is 0.795. The maximum Gasteiger partial charge on any atom is 0.168 e. The number of rotatable bonds is 6. The van der Waals surface area contributed by atoms with E-state index in [2.05, 4.69) is 217 Å². The zero-order chi connectivity index (χ0) is 37.7. The largest absolute Gasteiger partial charge is 0.275 e. The van der Waals surface area contributed by atoms with Crippen LogP contribution in [0.25, 0.3) is 105 Å². The number of hydrogen-bond acceptors (Lipinski definition) is 2. The van der Waals surface area contributed by atoms with Crippen LogP contribution in [-0.2, 0) is 0 Å². The first kappa shape index (κ1) is 32.8. The summed E-state index contributed by atoms with van der Waals surface area (Å²) in [5.74, 6) is 1.60. The van der Waals surface area contributed by atoms with Crippen molar-refractivity contribution in [3.05, 3.63) is 212 Å². The molecule has 3 heteroatoms. The van der Waals surface area contributed by atoms with Crippen LogP contribution in [0.3, 0.4) is 0 Å². The second kappa shape index (κ2) is 13.6. The molecule has 0 saturated carbocycles. The van der Waals surface area contributed by atoms with Crippen LogP contribution in [0.4, 0.5) is 0 Å². The van der Waals surface area contributed by atoms with Gasteiger partial charge in [0, 0.05) is 16.8 Å². The molecule has 3 nitrogen and oxygen atoms in total. The van der Waals surface area contributed by atoms with Gasteiger partial charge in [-0.3, -0.25) is 4.57 Å². The molecule has 1 heterocycles. The lowest BCUT2D eigenvalue weighted by atomic mass is 9.85. The average Bonchev–Trinajstić information content (AvgIpc) is 3.74. The Morgan fingerprint density at radius 2 is 0.719 bits per heavy atom. The smallest absolute Gasteiger partial charge is 0.168 e. The molecule has 11 aromatic rings. The third kappa shape index (κ3) is 5.68. The third-order valence-electron chi connectivity index (χ3n) is 11.3. The average molecular weight is 726 g/mol. The van der Waals surface area contributed by atoms with Gasteiger partial charge in [0.2, 0.25) is 0 Å². The molecular formula is C54H35N3. The predicted molar refractivity (Wildman–Crippen MR) is 239 cm³/mol. The summed E-state index contributed by atoms with van der Waals surface area (Å²) in [6.45, 7) is 0. The van der Waals surface area contributed by atoms with Crippen LogP contribution in [0.15, 0.2) is 212 Å². The first-order valence-electron chi connectivity index (χ1n) is 19.4. The molecule has 0 amide bonds. The standard InChI is InChI=1S/C54H35N3/c1-3-15-39(16-4-1)51-47-21-11-12-22-48(47)52(40-17-5-2-6-18-40)50-35-44(30-32-49(50)51)38-23-26-41(27-24-38)53-55-56-54(45-28-25-36-13-7-9-19-42(36)33-45)57(53)46-31-29-37-14-8-10-20-43(37)34-46/h1-35H. The van der Waals surface area contributed by atoms with Gasteiger partial charge in [-0.25, -0.2) is 0 Å². The molecule has 0 fully saturated rings. The van der Waals surface area contributed by atoms with E-state index in [-0.39, 0.29) is 0 Å². The van der Waals surface area contributed by atoms with E-state index in [1.807, 2.05) is 0 Å². The van der Waals surface area contributed by atoms with Crippen LogP contribution in [0, 0.1) is 0 Å². The monoisotopic (exact) mass is 725 g/mol. The molecule has 266 valence electrons. The van der Waals surface area contributed by atoms with Gasteiger partial charge in [0.25, 0.3) is 0 Å². The van der Waals surface area contributed by atoms with E-state index in [0.29, 0.717) is 0 Å². The molecule has 0 aliphatic heterocycles. The number of fused-ring (bicyclic) bond motifs is 4. The maximum absolute atomic E-state index is 4.87. The molecule has 0 atom stereocenters. The molecule has 0 bridgehead atoms. The lowest BCUT2D eigenvalue weighted by Crippen LogP contribution is -2.00. The van der Waals surface area contributed by atoms with E-state index in [4.69, 9.17) is 10.2 Å². The summed E-state index contributed by atoms with van der Waals surface area (Å²) in [6.07, 6.45) is 0. The highest BCUT2D eigenvalue weighted by Gasteiger charge is 2.20. The molecule has 0 radical (unpaired) electrons. The van der Waals surface area contributed by atoms with Crippen molar-refractivity contribution in [2.75, 3.05) is 0 Å². The summed E-state index contributed by atoms with van der Waals surface area (Å²) in [4.78, 5) is 0. The van der Waals surface area contributed by atoms with Gasteiger partial charge in [-0.15, -0.1) is 10.2 Å². The SMILES string of the molecule is c1ccc(-c2c3ccccc3c(-c3ccccc3)c3cc(-c4ccc(-c5nnc(-c6ccc7ccccc7c6)n5-c5ccc6ccccc6c5)cc4)ccc23)cc1. The van der Waals surface area contributed by atoms with E-state index >= 15 is 0 Å². The Hall–Kier alpha value is -7.62. The Balaban J connectivity index is 1.07. The van der Waals surface area contributed by atoms with Crippen LogP contribution in [-0.4, -0.2) is 14.8 Å². The summed E-state index contributed by atoms with van der Waals surface area (Å²) in [5.41, 5.74) is 10.3. The summed E-state index contributed by atoms with van der Waals surface area (Å²) in [6, 6.07) is 76.2. The van der Waals surface area contributed by atoms with Crippen LogP contribution in [0.1, 0.15) is 0 Å². The highest BCUT2D eigenvalue weighted by Crippen LogP contribution is 2.45. The van der Waals surface area contributed by atoms with E-state index in [9.17, 15) is 0 Å². The minimum atomic E-state index is 0.795. The van der Waals surface area contributed by atoms with E-state index in [0.717, 1.165) is 39.6 Å². The summed E-state index contributed by atoms with van der Waals surface area (Å²) < 4.78 is 2.20. The number of hydrogen-bond donors (Lipinski definition) is 0. The summed E-state index contributed by atoms with van der Waals surface area (Å²) >= 11 is 0. The van der Waals surface area contributed by atoms with Crippen LogP contribution < -0.4 is 0 Å². The van der Waals surface area contributed by atoms with Crippen molar-refractivity contribution in [2.24, 2.45) is 0 Å². The van der Waals surface area contributed by atoms with Gasteiger partial charge in [-0.1, -0.05) is 188 Å². The zero-order valence-corrected chi connectivity index (χ0v) is 31.0. The van der Waals surface area contributed by atoms with Gasteiger partial charge < -0.3 is 0 Å². The first-order valence-corrected chi connectivity index (χ1v) is 19.4. The summed E-state index contributed by atoms with van der Waals surface area (Å²) in [7, 11) is 0. The molecule has 10 aromatic carbocycles. The molecule has 11 rings (SSSR count). The molecule has 0 saturated heterocycles. The Labute approximate surface area is 330 Å². The molecule has 57 heavy (non-hydrogen) atoms. The quantitative estimate of drug-likeness (QED) is 0.160. The fraction of sp³-hybridized carbons (Fsp3) is 0. The topological polar surface area (TPSA) is 30.7 Å². The van der Waals surface area contributed by atoms with Gasteiger partial charge in [0.15, 0.2) is 11.6 Å². The van der Waals surface area contributed by atoms with Gasteiger partial charge >= 0.3 is 0 Å². The van der Waals surface area contributed by atoms with E-state index in [1.54, 1.807) is 0 Å². The second-order valence-corrected chi connectivity index (χ2v) is 14.6. The lowest BCUT2D eigenvalue weighted by Gasteiger charge is -2.18.